The molecular weight excluding hydrogens is 378 g/mol. The van der Waals surface area contributed by atoms with Gasteiger partial charge in [-0.15, -0.1) is 0 Å². The standard InChI is InChI=1S/C19H21N5O3S/c1-23-12-9-20-19(23)28(26,27)15-7-10-24(11-8-15)18(25)17-13-16(21-22-17)14-5-3-2-4-6-14/h2-6,9,12-13,15H,7-8,10-11H2,1H3,(H,21,22). The molecule has 3 aromatic rings. The van der Waals surface area contributed by atoms with Gasteiger partial charge in [0.1, 0.15) is 5.69 Å². The van der Waals surface area contributed by atoms with Gasteiger partial charge in [0.25, 0.3) is 5.91 Å². The molecule has 0 atom stereocenters. The molecule has 28 heavy (non-hydrogen) atoms. The van der Waals surface area contributed by atoms with E-state index in [1.807, 2.05) is 30.3 Å². The van der Waals surface area contributed by atoms with Gasteiger partial charge < -0.3 is 9.47 Å². The van der Waals surface area contributed by atoms with Crippen molar-refractivity contribution in [2.75, 3.05) is 13.1 Å². The number of hydrogen-bond donors (Lipinski definition) is 1. The highest BCUT2D eigenvalue weighted by atomic mass is 32.2. The maximum Gasteiger partial charge on any atom is 0.271 e. The molecule has 2 aromatic heterocycles. The van der Waals surface area contributed by atoms with Gasteiger partial charge in [-0.25, -0.2) is 13.4 Å². The van der Waals surface area contributed by atoms with E-state index in [0.29, 0.717) is 37.3 Å². The average molecular weight is 399 g/mol. The first-order chi connectivity index (χ1) is 13.5. The van der Waals surface area contributed by atoms with Crippen LogP contribution in [0.15, 0.2) is 53.9 Å². The van der Waals surface area contributed by atoms with E-state index in [1.54, 1.807) is 24.2 Å². The van der Waals surface area contributed by atoms with Crippen molar-refractivity contribution in [1.29, 1.82) is 0 Å². The Balaban J connectivity index is 1.44. The number of sulfone groups is 1. The first-order valence-corrected chi connectivity index (χ1v) is 10.6. The van der Waals surface area contributed by atoms with Crippen LogP contribution >= 0.6 is 0 Å². The zero-order valence-electron chi connectivity index (χ0n) is 15.4. The van der Waals surface area contributed by atoms with E-state index < -0.39 is 15.1 Å². The number of aryl methyl sites for hydroxylation is 1. The van der Waals surface area contributed by atoms with Crippen LogP contribution in [0.4, 0.5) is 0 Å². The molecule has 0 saturated carbocycles. The molecule has 4 rings (SSSR count). The Kier molecular flexibility index (Phi) is 4.76. The fourth-order valence-electron chi connectivity index (χ4n) is 3.50. The molecule has 9 heteroatoms. The molecule has 0 spiro atoms. The van der Waals surface area contributed by atoms with Crippen molar-refractivity contribution >= 4 is 15.7 Å². The van der Waals surface area contributed by atoms with Crippen LogP contribution in [0.2, 0.25) is 0 Å². The Morgan fingerprint density at radius 2 is 1.89 bits per heavy atom. The quantitative estimate of drug-likeness (QED) is 0.722. The first kappa shape index (κ1) is 18.4. The van der Waals surface area contributed by atoms with E-state index >= 15 is 0 Å². The lowest BCUT2D eigenvalue weighted by Gasteiger charge is -2.31. The number of benzene rings is 1. The van der Waals surface area contributed by atoms with Crippen LogP contribution in [0.25, 0.3) is 11.3 Å². The number of carbonyl (C=O) groups excluding carboxylic acids is 1. The number of carbonyl (C=O) groups is 1. The molecule has 1 aromatic carbocycles. The van der Waals surface area contributed by atoms with E-state index in [0.717, 1.165) is 5.56 Å². The van der Waals surface area contributed by atoms with Crippen molar-refractivity contribution in [3.8, 4) is 11.3 Å². The number of nitrogens with one attached hydrogen (secondary N) is 1. The smallest absolute Gasteiger partial charge is 0.271 e. The van der Waals surface area contributed by atoms with Gasteiger partial charge in [0.2, 0.25) is 15.0 Å². The number of amides is 1. The topological polar surface area (TPSA) is 101 Å². The normalized spacial score (nSPS) is 15.7. The van der Waals surface area contributed by atoms with Gasteiger partial charge in [0.05, 0.1) is 10.9 Å². The molecule has 0 aliphatic carbocycles. The number of nitrogens with zero attached hydrogens (tertiary/aromatic N) is 4. The summed E-state index contributed by atoms with van der Waals surface area (Å²) in [5.41, 5.74) is 2.04. The van der Waals surface area contributed by atoms with Gasteiger partial charge in [-0.2, -0.15) is 5.10 Å². The number of imidazole rings is 1. The Morgan fingerprint density at radius 3 is 2.54 bits per heavy atom. The molecule has 1 saturated heterocycles. The lowest BCUT2D eigenvalue weighted by Crippen LogP contribution is -2.43. The third-order valence-electron chi connectivity index (χ3n) is 5.08. The lowest BCUT2D eigenvalue weighted by molar-refractivity contribution is 0.0719. The Labute approximate surface area is 163 Å². The number of H-pyrrole nitrogens is 1. The van der Waals surface area contributed by atoms with Crippen molar-refractivity contribution in [1.82, 2.24) is 24.6 Å². The molecule has 1 aliphatic rings. The molecule has 1 fully saturated rings. The summed E-state index contributed by atoms with van der Waals surface area (Å²) in [5.74, 6) is -0.164. The van der Waals surface area contributed by atoms with Crippen LogP contribution in [0.1, 0.15) is 23.3 Å². The number of aromatic amines is 1. The van der Waals surface area contributed by atoms with Gasteiger partial charge in [-0.1, -0.05) is 30.3 Å². The molecular formula is C19H21N5O3S. The summed E-state index contributed by atoms with van der Waals surface area (Å²) >= 11 is 0. The number of aromatic nitrogens is 4. The van der Waals surface area contributed by atoms with Crippen molar-refractivity contribution in [3.63, 3.8) is 0 Å². The highest BCUT2D eigenvalue weighted by molar-refractivity contribution is 7.91. The average Bonchev–Trinajstić information content (AvgIpc) is 3.38. The summed E-state index contributed by atoms with van der Waals surface area (Å²) in [7, 11) is -1.83. The highest BCUT2D eigenvalue weighted by Gasteiger charge is 2.35. The van der Waals surface area contributed by atoms with Crippen molar-refractivity contribution in [3.05, 3.63) is 54.5 Å². The molecule has 8 nitrogen and oxygen atoms in total. The van der Waals surface area contributed by atoms with Crippen LogP contribution < -0.4 is 0 Å². The fraction of sp³-hybridized carbons (Fsp3) is 0.316. The van der Waals surface area contributed by atoms with Crippen LogP contribution in [0.3, 0.4) is 0 Å². The third-order valence-corrected chi connectivity index (χ3v) is 7.33. The third kappa shape index (κ3) is 3.33. The Bertz CT molecular complexity index is 1080. The molecule has 1 aliphatic heterocycles. The van der Waals surface area contributed by atoms with Crippen molar-refractivity contribution in [2.24, 2.45) is 7.05 Å². The number of likely N-dealkylation sites (tertiary alicyclic amines) is 1. The fourth-order valence-corrected chi connectivity index (χ4v) is 5.30. The summed E-state index contributed by atoms with van der Waals surface area (Å²) in [5, 5.41) is 6.57. The molecule has 0 radical (unpaired) electrons. The summed E-state index contributed by atoms with van der Waals surface area (Å²) in [6, 6.07) is 11.3. The van der Waals surface area contributed by atoms with E-state index in [9.17, 15) is 13.2 Å². The SMILES string of the molecule is Cn1ccnc1S(=O)(=O)C1CCN(C(=O)c2cc(-c3ccccc3)n[nH]2)CC1. The Morgan fingerprint density at radius 1 is 1.18 bits per heavy atom. The Hall–Kier alpha value is -2.94. The second-order valence-electron chi connectivity index (χ2n) is 6.89. The predicted octanol–water partition coefficient (Wildman–Crippen LogP) is 1.89. The second kappa shape index (κ2) is 7.23. The zero-order chi connectivity index (χ0) is 19.7. The molecule has 0 bridgehead atoms. The van der Waals surface area contributed by atoms with Gasteiger partial charge >= 0.3 is 0 Å². The monoisotopic (exact) mass is 399 g/mol. The molecule has 0 unspecified atom stereocenters. The number of piperidine rings is 1. The van der Waals surface area contributed by atoms with E-state index in [4.69, 9.17) is 0 Å². The van der Waals surface area contributed by atoms with Gasteiger partial charge in [-0.05, 0) is 18.9 Å². The minimum atomic E-state index is -3.50. The molecule has 3 heterocycles. The van der Waals surface area contributed by atoms with Crippen LogP contribution in [-0.2, 0) is 16.9 Å². The van der Waals surface area contributed by atoms with E-state index in [2.05, 4.69) is 15.2 Å². The van der Waals surface area contributed by atoms with Crippen molar-refractivity contribution < 1.29 is 13.2 Å². The number of rotatable bonds is 4. The van der Waals surface area contributed by atoms with Crippen LogP contribution in [-0.4, -0.2) is 57.3 Å². The van der Waals surface area contributed by atoms with E-state index in [-0.39, 0.29) is 11.1 Å². The van der Waals surface area contributed by atoms with Crippen molar-refractivity contribution in [2.45, 2.75) is 23.2 Å². The minimum Gasteiger partial charge on any atom is -0.337 e. The second-order valence-corrected chi connectivity index (χ2v) is 9.01. The molecule has 1 N–H and O–H groups in total. The minimum absolute atomic E-state index is 0.0818. The van der Waals surface area contributed by atoms with E-state index in [1.165, 1.54) is 10.8 Å². The van der Waals surface area contributed by atoms with Crippen LogP contribution in [0, 0.1) is 0 Å². The summed E-state index contributed by atoms with van der Waals surface area (Å²) in [6.45, 7) is 0.764. The van der Waals surface area contributed by atoms with Gasteiger partial charge in [0, 0.05) is 38.1 Å². The molecule has 1 amide bonds. The summed E-state index contributed by atoms with van der Waals surface area (Å²) in [6.07, 6.45) is 3.88. The van der Waals surface area contributed by atoms with Gasteiger partial charge in [0.15, 0.2) is 0 Å². The predicted molar refractivity (Wildman–Crippen MR) is 103 cm³/mol. The largest absolute Gasteiger partial charge is 0.337 e. The first-order valence-electron chi connectivity index (χ1n) is 9.08. The number of hydrogen-bond acceptors (Lipinski definition) is 5. The maximum atomic E-state index is 12.8. The summed E-state index contributed by atoms with van der Waals surface area (Å²) < 4.78 is 27.1. The highest BCUT2D eigenvalue weighted by Crippen LogP contribution is 2.25. The lowest BCUT2D eigenvalue weighted by atomic mass is 10.1. The van der Waals surface area contributed by atoms with Gasteiger partial charge in [-0.3, -0.25) is 9.89 Å². The maximum absolute atomic E-state index is 12.8. The summed E-state index contributed by atoms with van der Waals surface area (Å²) in [4.78, 5) is 18.4. The zero-order valence-corrected chi connectivity index (χ0v) is 16.3. The molecule has 146 valence electrons. The van der Waals surface area contributed by atoms with Crippen LogP contribution in [0.5, 0.6) is 0 Å².